The number of rotatable bonds is 4. The Bertz CT molecular complexity index is 2850. The highest BCUT2D eigenvalue weighted by molar-refractivity contribution is 6.31. The van der Waals surface area contributed by atoms with E-state index >= 15 is 0 Å². The van der Waals surface area contributed by atoms with Crippen LogP contribution in [0.15, 0.2) is 158 Å². The third kappa shape index (κ3) is 3.50. The van der Waals surface area contributed by atoms with E-state index in [1.807, 2.05) is 0 Å². The van der Waals surface area contributed by atoms with Crippen LogP contribution in [0.3, 0.4) is 0 Å². The highest BCUT2D eigenvalue weighted by Gasteiger charge is 2.40. The molecule has 11 rings (SSSR count). The topological polar surface area (TPSA) is 8.17 Å². The molecule has 0 aliphatic heterocycles. The van der Waals surface area contributed by atoms with Gasteiger partial charge in [0.15, 0.2) is 0 Å². The van der Waals surface area contributed by atoms with Gasteiger partial charge in [-0.1, -0.05) is 117 Å². The second-order valence-corrected chi connectivity index (χ2v) is 14.2. The van der Waals surface area contributed by atoms with Gasteiger partial charge in [0.1, 0.15) is 0 Å². The van der Waals surface area contributed by atoms with Crippen molar-refractivity contribution in [2.75, 3.05) is 4.90 Å². The third-order valence-corrected chi connectivity index (χ3v) is 11.2. The van der Waals surface area contributed by atoms with Gasteiger partial charge in [-0.3, -0.25) is 0 Å². The fraction of sp³-hybridized carbons (Fsp3) is 0.0638. The zero-order chi connectivity index (χ0) is 32.4. The number of anilines is 3. The second-order valence-electron chi connectivity index (χ2n) is 14.2. The maximum absolute atomic E-state index is 2.50. The van der Waals surface area contributed by atoms with Crippen LogP contribution < -0.4 is 4.90 Å². The molecule has 230 valence electrons. The number of hydrogen-bond donors (Lipinski definition) is 0. The van der Waals surface area contributed by atoms with Gasteiger partial charge >= 0.3 is 0 Å². The summed E-state index contributed by atoms with van der Waals surface area (Å²) in [6.07, 6.45) is 0. The summed E-state index contributed by atoms with van der Waals surface area (Å²) >= 11 is 0. The van der Waals surface area contributed by atoms with Gasteiger partial charge in [0, 0.05) is 38.9 Å². The Labute approximate surface area is 285 Å². The normalized spacial score (nSPS) is 13.7. The fourth-order valence-electron chi connectivity index (χ4n) is 9.07. The van der Waals surface area contributed by atoms with Crippen LogP contribution in [0, 0.1) is 0 Å². The smallest absolute Gasteiger partial charge is 0.0548 e. The zero-order valence-electron chi connectivity index (χ0n) is 27.4. The van der Waals surface area contributed by atoms with Crippen molar-refractivity contribution >= 4 is 60.4 Å². The van der Waals surface area contributed by atoms with E-state index in [2.05, 4.69) is 181 Å². The van der Waals surface area contributed by atoms with Gasteiger partial charge in [0.2, 0.25) is 0 Å². The molecule has 1 aromatic heterocycles. The fourth-order valence-corrected chi connectivity index (χ4v) is 9.07. The predicted octanol–water partition coefficient (Wildman–Crippen LogP) is 12.8. The Morgan fingerprint density at radius 1 is 0.429 bits per heavy atom. The van der Waals surface area contributed by atoms with Crippen LogP contribution in [0.25, 0.3) is 71.3 Å². The molecule has 0 saturated heterocycles. The molecular formula is C47H32N2. The van der Waals surface area contributed by atoms with Gasteiger partial charge in [-0.2, -0.15) is 0 Å². The van der Waals surface area contributed by atoms with Gasteiger partial charge in [-0.15, -0.1) is 0 Å². The van der Waals surface area contributed by atoms with Crippen molar-refractivity contribution in [3.63, 3.8) is 0 Å². The summed E-state index contributed by atoms with van der Waals surface area (Å²) in [6.45, 7) is 4.78. The SMILES string of the molecule is CC1(C)c2cccc3c2-c2c1ccc1ccc4c(c21)c1c-3cccc1n4-c1cccc(N(c2ccccc2)c2ccc3ccccc3c2)c1. The molecule has 0 N–H and O–H groups in total. The molecule has 0 saturated carbocycles. The van der Waals surface area contributed by atoms with Gasteiger partial charge < -0.3 is 9.47 Å². The minimum absolute atomic E-state index is 0.0526. The van der Waals surface area contributed by atoms with E-state index in [4.69, 9.17) is 0 Å². The van der Waals surface area contributed by atoms with E-state index < -0.39 is 0 Å². The van der Waals surface area contributed by atoms with Crippen molar-refractivity contribution < 1.29 is 0 Å². The molecule has 9 aromatic rings. The lowest BCUT2D eigenvalue weighted by Crippen LogP contribution is -2.14. The Kier molecular flexibility index (Phi) is 5.21. The third-order valence-electron chi connectivity index (χ3n) is 11.2. The molecule has 0 amide bonds. The Morgan fingerprint density at radius 2 is 1.10 bits per heavy atom. The van der Waals surface area contributed by atoms with Crippen LogP contribution >= 0.6 is 0 Å². The molecule has 1 heterocycles. The summed E-state index contributed by atoms with van der Waals surface area (Å²) in [5.74, 6) is 0. The number of para-hydroxylation sites is 1. The lowest BCUT2D eigenvalue weighted by atomic mass is 9.81. The van der Waals surface area contributed by atoms with Crippen LogP contribution in [0.5, 0.6) is 0 Å². The summed E-state index contributed by atoms with van der Waals surface area (Å²) in [5, 5.41) is 7.87. The summed E-state index contributed by atoms with van der Waals surface area (Å²) < 4.78 is 2.50. The Balaban J connectivity index is 1.21. The average molecular weight is 625 g/mol. The van der Waals surface area contributed by atoms with E-state index in [-0.39, 0.29) is 5.41 Å². The van der Waals surface area contributed by atoms with E-state index in [0.29, 0.717) is 0 Å². The standard InChI is InChI=1S/C47H32N2/c1-47(2)38-19-9-17-36-37-18-10-20-40-44(37)46-41(26-23-30-22-25-39(47)45(42(30)46)43(36)38)49(40)34-16-8-15-33(28-34)48(32-13-4-3-5-14-32)35-24-21-29-11-6-7-12-31(29)27-35/h3-28H,1-2H3. The Morgan fingerprint density at radius 3 is 2.00 bits per heavy atom. The van der Waals surface area contributed by atoms with Gasteiger partial charge in [-0.05, 0) is 110 Å². The lowest BCUT2D eigenvalue weighted by molar-refractivity contribution is 0.661. The number of benzene rings is 8. The number of fused-ring (bicyclic) bond motifs is 2. The first-order valence-corrected chi connectivity index (χ1v) is 17.2. The molecule has 0 fully saturated rings. The van der Waals surface area contributed by atoms with E-state index in [9.17, 15) is 0 Å². The van der Waals surface area contributed by atoms with Crippen LogP contribution in [-0.4, -0.2) is 4.57 Å². The minimum atomic E-state index is -0.0526. The van der Waals surface area contributed by atoms with Gasteiger partial charge in [0.25, 0.3) is 0 Å². The van der Waals surface area contributed by atoms with E-state index in [1.54, 1.807) is 0 Å². The number of hydrogen-bond acceptors (Lipinski definition) is 1. The van der Waals surface area contributed by atoms with Crippen molar-refractivity contribution in [1.29, 1.82) is 0 Å². The van der Waals surface area contributed by atoms with Crippen molar-refractivity contribution in [1.82, 2.24) is 4.57 Å². The second kappa shape index (κ2) is 9.49. The minimum Gasteiger partial charge on any atom is -0.310 e. The highest BCUT2D eigenvalue weighted by Crippen LogP contribution is 2.59. The molecule has 2 aliphatic rings. The van der Waals surface area contributed by atoms with E-state index in [0.717, 1.165) is 22.7 Å². The zero-order valence-corrected chi connectivity index (χ0v) is 27.4. The van der Waals surface area contributed by atoms with Gasteiger partial charge in [0.05, 0.1) is 11.0 Å². The predicted molar refractivity (Wildman–Crippen MR) is 207 cm³/mol. The molecule has 2 aliphatic carbocycles. The van der Waals surface area contributed by atoms with Crippen LogP contribution in [0.1, 0.15) is 25.0 Å². The lowest BCUT2D eigenvalue weighted by Gasteiger charge is -2.26. The molecule has 0 atom stereocenters. The molecule has 2 nitrogen and oxygen atoms in total. The maximum Gasteiger partial charge on any atom is 0.0548 e. The first-order chi connectivity index (χ1) is 24.1. The molecule has 0 unspecified atom stereocenters. The molecule has 0 bridgehead atoms. The Hall–Kier alpha value is -6.12. The maximum atomic E-state index is 2.50. The summed E-state index contributed by atoms with van der Waals surface area (Å²) in [6, 6.07) is 58.4. The van der Waals surface area contributed by atoms with Crippen molar-refractivity contribution in [3.8, 4) is 27.9 Å². The van der Waals surface area contributed by atoms with Gasteiger partial charge in [-0.25, -0.2) is 0 Å². The van der Waals surface area contributed by atoms with Crippen LogP contribution in [0.2, 0.25) is 0 Å². The van der Waals surface area contributed by atoms with Crippen molar-refractivity contribution in [2.45, 2.75) is 19.3 Å². The quantitative estimate of drug-likeness (QED) is 0.189. The largest absolute Gasteiger partial charge is 0.310 e. The molecule has 49 heavy (non-hydrogen) atoms. The van der Waals surface area contributed by atoms with Crippen LogP contribution in [0.4, 0.5) is 17.1 Å². The summed E-state index contributed by atoms with van der Waals surface area (Å²) in [5.41, 5.74) is 15.4. The van der Waals surface area contributed by atoms with E-state index in [1.165, 1.54) is 76.7 Å². The first kappa shape index (κ1) is 26.9. The molecule has 2 heteroatoms. The monoisotopic (exact) mass is 624 g/mol. The molecular weight excluding hydrogens is 593 g/mol. The van der Waals surface area contributed by atoms with Crippen molar-refractivity contribution in [2.24, 2.45) is 0 Å². The van der Waals surface area contributed by atoms with Crippen molar-refractivity contribution in [3.05, 3.63) is 169 Å². The summed E-state index contributed by atoms with van der Waals surface area (Å²) in [7, 11) is 0. The van der Waals surface area contributed by atoms with Crippen LogP contribution in [-0.2, 0) is 5.41 Å². The molecule has 8 aromatic carbocycles. The summed E-state index contributed by atoms with van der Waals surface area (Å²) in [4.78, 5) is 2.38. The number of nitrogens with zero attached hydrogens (tertiary/aromatic N) is 2. The molecule has 0 spiro atoms. The first-order valence-electron chi connectivity index (χ1n) is 17.2. The number of aromatic nitrogens is 1. The highest BCUT2D eigenvalue weighted by atomic mass is 15.1. The average Bonchev–Trinajstić information content (AvgIpc) is 3.56. The molecule has 0 radical (unpaired) electrons.